The second-order valence-electron chi connectivity index (χ2n) is 5.71. The molecule has 2 aromatic heterocycles. The molecule has 0 N–H and O–H groups in total. The average molecular weight is 379 g/mol. The van der Waals surface area contributed by atoms with Crippen molar-refractivity contribution in [2.45, 2.75) is 20.4 Å². The van der Waals surface area contributed by atoms with Crippen LogP contribution in [0.15, 0.2) is 34.7 Å². The van der Waals surface area contributed by atoms with E-state index in [1.807, 2.05) is 19.1 Å². The van der Waals surface area contributed by atoms with Crippen molar-refractivity contribution in [2.75, 3.05) is 7.05 Å². The first-order valence-electron chi connectivity index (χ1n) is 7.59. The summed E-state index contributed by atoms with van der Waals surface area (Å²) in [5.74, 6) is 0.746. The van der Waals surface area contributed by atoms with Gasteiger partial charge in [0.15, 0.2) is 10.8 Å². The van der Waals surface area contributed by atoms with Crippen molar-refractivity contribution in [3.63, 3.8) is 0 Å². The molecular formula is C18H16ClFN2O2S. The number of halogens is 2. The fraction of sp³-hybridized carbons (Fsp3) is 0.222. The molecule has 1 amide bonds. The molecule has 0 bridgehead atoms. The van der Waals surface area contributed by atoms with Crippen LogP contribution >= 0.6 is 22.9 Å². The van der Waals surface area contributed by atoms with Crippen molar-refractivity contribution < 1.29 is 13.6 Å². The van der Waals surface area contributed by atoms with Crippen molar-refractivity contribution >= 4 is 28.8 Å². The maximum Gasteiger partial charge on any atom is 0.265 e. The lowest BCUT2D eigenvalue weighted by molar-refractivity contribution is 0.0788. The Morgan fingerprint density at radius 3 is 2.72 bits per heavy atom. The van der Waals surface area contributed by atoms with Gasteiger partial charge in [-0.1, -0.05) is 17.7 Å². The first-order valence-corrected chi connectivity index (χ1v) is 8.79. The van der Waals surface area contributed by atoms with E-state index in [9.17, 15) is 9.18 Å². The number of furan rings is 1. The Labute approximate surface area is 153 Å². The Morgan fingerprint density at radius 2 is 2.08 bits per heavy atom. The average Bonchev–Trinajstić information content (AvgIpc) is 3.16. The molecular weight excluding hydrogens is 363 g/mol. The minimum atomic E-state index is -0.431. The monoisotopic (exact) mass is 378 g/mol. The molecule has 4 nitrogen and oxygen atoms in total. The molecule has 0 saturated carbocycles. The first-order chi connectivity index (χ1) is 11.9. The standard InChI is InChI=1S/C18H16ClFN2O2S/c1-10-7-8-15(24-10)17-21-11(2)16(25-17)18(23)22(3)9-12-13(19)5-4-6-14(12)20/h4-8H,9H2,1-3H3. The summed E-state index contributed by atoms with van der Waals surface area (Å²) in [7, 11) is 1.61. The summed E-state index contributed by atoms with van der Waals surface area (Å²) in [6, 6.07) is 8.14. The van der Waals surface area contributed by atoms with Crippen LogP contribution in [0.5, 0.6) is 0 Å². The van der Waals surface area contributed by atoms with Gasteiger partial charge in [-0.15, -0.1) is 11.3 Å². The largest absolute Gasteiger partial charge is 0.459 e. The second-order valence-corrected chi connectivity index (χ2v) is 7.11. The molecule has 1 aromatic carbocycles. The molecule has 0 saturated heterocycles. The highest BCUT2D eigenvalue weighted by atomic mass is 35.5. The lowest BCUT2D eigenvalue weighted by atomic mass is 10.2. The number of benzene rings is 1. The quantitative estimate of drug-likeness (QED) is 0.635. The zero-order chi connectivity index (χ0) is 18.1. The van der Waals surface area contributed by atoms with E-state index in [0.29, 0.717) is 31.9 Å². The Balaban J connectivity index is 1.84. The molecule has 0 radical (unpaired) electrons. The first kappa shape index (κ1) is 17.6. The summed E-state index contributed by atoms with van der Waals surface area (Å²) in [5, 5.41) is 0.943. The molecule has 0 aliphatic rings. The van der Waals surface area contributed by atoms with Crippen LogP contribution in [0, 0.1) is 19.7 Å². The van der Waals surface area contributed by atoms with Crippen LogP contribution in [-0.2, 0) is 6.54 Å². The zero-order valence-corrected chi connectivity index (χ0v) is 15.5. The molecule has 0 aliphatic heterocycles. The van der Waals surface area contributed by atoms with E-state index in [0.717, 1.165) is 5.76 Å². The van der Waals surface area contributed by atoms with E-state index in [1.54, 1.807) is 20.0 Å². The summed E-state index contributed by atoms with van der Waals surface area (Å²) in [6.07, 6.45) is 0. The van der Waals surface area contributed by atoms with Gasteiger partial charge in [0.2, 0.25) is 0 Å². The predicted octanol–water partition coefficient (Wildman–Crippen LogP) is 5.08. The second kappa shape index (κ2) is 6.98. The highest BCUT2D eigenvalue weighted by Crippen LogP contribution is 2.30. The SMILES string of the molecule is Cc1ccc(-c2nc(C)c(C(=O)N(C)Cc3c(F)cccc3Cl)s2)o1. The topological polar surface area (TPSA) is 46.3 Å². The van der Waals surface area contributed by atoms with Crippen molar-refractivity contribution in [1.82, 2.24) is 9.88 Å². The van der Waals surface area contributed by atoms with Gasteiger partial charge in [-0.25, -0.2) is 9.37 Å². The lowest BCUT2D eigenvalue weighted by Gasteiger charge is -2.17. The Hall–Kier alpha value is -2.18. The predicted molar refractivity (Wildman–Crippen MR) is 96.5 cm³/mol. The van der Waals surface area contributed by atoms with Crippen LogP contribution in [0.2, 0.25) is 5.02 Å². The molecule has 0 spiro atoms. The van der Waals surface area contributed by atoms with E-state index < -0.39 is 5.82 Å². The van der Waals surface area contributed by atoms with Crippen molar-refractivity contribution in [1.29, 1.82) is 0 Å². The van der Waals surface area contributed by atoms with Crippen LogP contribution in [0.1, 0.15) is 26.7 Å². The number of hydrogen-bond acceptors (Lipinski definition) is 4. The van der Waals surface area contributed by atoms with Gasteiger partial charge in [-0.3, -0.25) is 4.79 Å². The number of carbonyl (C=O) groups excluding carboxylic acids is 1. The third-order valence-corrected chi connectivity index (χ3v) is 5.26. The smallest absolute Gasteiger partial charge is 0.265 e. The normalized spacial score (nSPS) is 10.9. The number of rotatable bonds is 4. The van der Waals surface area contributed by atoms with Gasteiger partial charge < -0.3 is 9.32 Å². The molecule has 25 heavy (non-hydrogen) atoms. The number of amides is 1. The highest BCUT2D eigenvalue weighted by molar-refractivity contribution is 7.17. The van der Waals surface area contributed by atoms with Crippen LogP contribution in [0.4, 0.5) is 4.39 Å². The van der Waals surface area contributed by atoms with Gasteiger partial charge >= 0.3 is 0 Å². The van der Waals surface area contributed by atoms with Gasteiger partial charge in [0.25, 0.3) is 5.91 Å². The number of thiazole rings is 1. The fourth-order valence-electron chi connectivity index (χ4n) is 2.42. The summed E-state index contributed by atoms with van der Waals surface area (Å²) >= 11 is 7.30. The van der Waals surface area contributed by atoms with E-state index in [-0.39, 0.29) is 12.5 Å². The Kier molecular flexibility index (Phi) is 4.92. The van der Waals surface area contributed by atoms with Crippen LogP contribution in [0.3, 0.4) is 0 Å². The molecule has 3 aromatic rings. The molecule has 3 rings (SSSR count). The zero-order valence-electron chi connectivity index (χ0n) is 14.0. The summed E-state index contributed by atoms with van der Waals surface area (Å²) in [6.45, 7) is 3.70. The Morgan fingerprint density at radius 1 is 1.32 bits per heavy atom. The van der Waals surface area contributed by atoms with Crippen molar-refractivity contribution in [3.8, 4) is 10.8 Å². The molecule has 0 atom stereocenters. The fourth-order valence-corrected chi connectivity index (χ4v) is 3.66. The van der Waals surface area contributed by atoms with Gasteiger partial charge in [-0.05, 0) is 38.1 Å². The molecule has 2 heterocycles. The van der Waals surface area contributed by atoms with Crippen LogP contribution in [0.25, 0.3) is 10.8 Å². The third-order valence-electron chi connectivity index (χ3n) is 3.75. The van der Waals surface area contributed by atoms with Gasteiger partial charge in [-0.2, -0.15) is 0 Å². The van der Waals surface area contributed by atoms with E-state index in [4.69, 9.17) is 16.0 Å². The molecule has 0 unspecified atom stereocenters. The maximum absolute atomic E-state index is 13.9. The number of nitrogens with zero attached hydrogens (tertiary/aromatic N) is 2. The summed E-state index contributed by atoms with van der Waals surface area (Å²) in [5.41, 5.74) is 0.912. The minimum absolute atomic E-state index is 0.0802. The number of hydrogen-bond donors (Lipinski definition) is 0. The number of carbonyl (C=O) groups is 1. The summed E-state index contributed by atoms with van der Waals surface area (Å²) in [4.78, 5) is 19.1. The summed E-state index contributed by atoms with van der Waals surface area (Å²) < 4.78 is 19.5. The van der Waals surface area contributed by atoms with Crippen LogP contribution in [-0.4, -0.2) is 22.8 Å². The number of aryl methyl sites for hydroxylation is 2. The third kappa shape index (κ3) is 3.60. The maximum atomic E-state index is 13.9. The Bertz CT molecular complexity index is 915. The molecule has 0 aliphatic carbocycles. The van der Waals surface area contributed by atoms with Crippen molar-refractivity contribution in [2.24, 2.45) is 0 Å². The van der Waals surface area contributed by atoms with Crippen LogP contribution < -0.4 is 0 Å². The number of aromatic nitrogens is 1. The van der Waals surface area contributed by atoms with E-state index in [2.05, 4.69) is 4.98 Å². The van der Waals surface area contributed by atoms with Crippen molar-refractivity contribution in [3.05, 3.63) is 63.1 Å². The van der Waals surface area contributed by atoms with E-state index in [1.165, 1.54) is 28.4 Å². The van der Waals surface area contributed by atoms with Gasteiger partial charge in [0.05, 0.1) is 12.2 Å². The minimum Gasteiger partial charge on any atom is -0.459 e. The van der Waals surface area contributed by atoms with E-state index >= 15 is 0 Å². The van der Waals surface area contributed by atoms with Gasteiger partial charge in [0.1, 0.15) is 16.5 Å². The molecule has 7 heteroatoms. The lowest BCUT2D eigenvalue weighted by Crippen LogP contribution is -2.26. The molecule has 0 fully saturated rings. The highest BCUT2D eigenvalue weighted by Gasteiger charge is 2.22. The van der Waals surface area contributed by atoms with Gasteiger partial charge in [0, 0.05) is 17.6 Å². The molecule has 130 valence electrons.